The maximum atomic E-state index is 11.9. The molecule has 5 nitrogen and oxygen atoms in total. The van der Waals surface area contributed by atoms with Crippen molar-refractivity contribution in [3.05, 3.63) is 24.3 Å². The van der Waals surface area contributed by atoms with Gasteiger partial charge in [-0.05, 0) is 26.1 Å². The Balaban J connectivity index is 2.21. The molecule has 1 atom stereocenters. The van der Waals surface area contributed by atoms with Gasteiger partial charge in [-0.25, -0.2) is 4.79 Å². The Hall–Kier alpha value is -1.75. The minimum absolute atomic E-state index is 0.319. The number of hydrogen-bond acceptors (Lipinski definition) is 4. The van der Waals surface area contributed by atoms with Crippen molar-refractivity contribution in [2.24, 2.45) is 0 Å². The highest BCUT2D eigenvalue weighted by Crippen LogP contribution is 2.29. The van der Waals surface area contributed by atoms with Crippen molar-refractivity contribution in [1.29, 1.82) is 0 Å². The van der Waals surface area contributed by atoms with E-state index in [2.05, 4.69) is 5.32 Å². The molecule has 0 spiro atoms. The lowest BCUT2D eigenvalue weighted by molar-refractivity contribution is 0.0734. The van der Waals surface area contributed by atoms with Crippen LogP contribution in [0.1, 0.15) is 6.92 Å². The number of likely N-dealkylation sites (N-methyl/N-ethyl adjacent to an activating group) is 1. The standard InChI is InChI=1S/C13H18N2O3/c1-13(8-14-2)9-15(12(16)18-13)10-5-4-6-11(7-10)17-3/h4-7,14H,8-9H2,1-3H3. The first kappa shape index (κ1) is 12.7. The van der Waals surface area contributed by atoms with Crippen molar-refractivity contribution in [1.82, 2.24) is 5.32 Å². The fourth-order valence-corrected chi connectivity index (χ4v) is 2.14. The second-order valence-electron chi connectivity index (χ2n) is 4.64. The minimum atomic E-state index is -0.491. The number of cyclic esters (lactones) is 1. The van der Waals surface area contributed by atoms with Crippen LogP contribution in [0.3, 0.4) is 0 Å². The van der Waals surface area contributed by atoms with Gasteiger partial charge in [0.15, 0.2) is 0 Å². The van der Waals surface area contributed by atoms with E-state index in [0.29, 0.717) is 13.1 Å². The van der Waals surface area contributed by atoms with E-state index in [4.69, 9.17) is 9.47 Å². The van der Waals surface area contributed by atoms with Crippen LogP contribution in [-0.2, 0) is 4.74 Å². The van der Waals surface area contributed by atoms with Gasteiger partial charge in [-0.2, -0.15) is 0 Å². The Morgan fingerprint density at radius 2 is 2.33 bits per heavy atom. The normalized spacial score (nSPS) is 23.1. The third kappa shape index (κ3) is 2.41. The number of amides is 1. The lowest BCUT2D eigenvalue weighted by Crippen LogP contribution is -2.40. The SMILES string of the molecule is CNCC1(C)CN(c2cccc(OC)c2)C(=O)O1. The van der Waals surface area contributed by atoms with E-state index in [1.807, 2.05) is 38.2 Å². The zero-order valence-corrected chi connectivity index (χ0v) is 10.9. The number of anilines is 1. The van der Waals surface area contributed by atoms with Gasteiger partial charge in [0.25, 0.3) is 0 Å². The van der Waals surface area contributed by atoms with E-state index >= 15 is 0 Å². The lowest BCUT2D eigenvalue weighted by Gasteiger charge is -2.21. The monoisotopic (exact) mass is 250 g/mol. The van der Waals surface area contributed by atoms with E-state index < -0.39 is 5.60 Å². The molecule has 5 heteroatoms. The Labute approximate surface area is 107 Å². The number of carbonyl (C=O) groups is 1. The van der Waals surface area contributed by atoms with Crippen molar-refractivity contribution < 1.29 is 14.3 Å². The van der Waals surface area contributed by atoms with Crippen LogP contribution in [0.4, 0.5) is 10.5 Å². The van der Waals surface area contributed by atoms with Crippen LogP contribution in [0, 0.1) is 0 Å². The molecule has 0 saturated carbocycles. The van der Waals surface area contributed by atoms with Crippen LogP contribution >= 0.6 is 0 Å². The van der Waals surface area contributed by atoms with Crippen LogP contribution in [0.15, 0.2) is 24.3 Å². The molecule has 1 saturated heterocycles. The first-order chi connectivity index (χ1) is 8.58. The number of nitrogens with one attached hydrogen (secondary N) is 1. The lowest BCUT2D eigenvalue weighted by atomic mass is 10.1. The van der Waals surface area contributed by atoms with Crippen molar-refractivity contribution >= 4 is 11.8 Å². The third-order valence-corrected chi connectivity index (χ3v) is 2.96. The van der Waals surface area contributed by atoms with Crippen molar-refractivity contribution in [2.75, 3.05) is 32.1 Å². The molecular weight excluding hydrogens is 232 g/mol. The zero-order valence-electron chi connectivity index (χ0n) is 10.9. The van der Waals surface area contributed by atoms with Crippen LogP contribution in [-0.4, -0.2) is 38.9 Å². The van der Waals surface area contributed by atoms with Crippen molar-refractivity contribution in [2.45, 2.75) is 12.5 Å². The molecule has 1 amide bonds. The number of rotatable bonds is 4. The molecule has 1 fully saturated rings. The summed E-state index contributed by atoms with van der Waals surface area (Å²) in [6.07, 6.45) is -0.319. The number of ether oxygens (including phenoxy) is 2. The predicted molar refractivity (Wildman–Crippen MR) is 69.2 cm³/mol. The molecule has 2 rings (SSSR count). The first-order valence-corrected chi connectivity index (χ1v) is 5.87. The Morgan fingerprint density at radius 3 is 3.00 bits per heavy atom. The summed E-state index contributed by atoms with van der Waals surface area (Å²) in [5.41, 5.74) is 0.300. The fourth-order valence-electron chi connectivity index (χ4n) is 2.14. The highest BCUT2D eigenvalue weighted by molar-refractivity contribution is 5.90. The highest BCUT2D eigenvalue weighted by Gasteiger charge is 2.41. The first-order valence-electron chi connectivity index (χ1n) is 5.87. The smallest absolute Gasteiger partial charge is 0.415 e. The van der Waals surface area contributed by atoms with Gasteiger partial charge in [-0.15, -0.1) is 0 Å². The van der Waals surface area contributed by atoms with Gasteiger partial charge < -0.3 is 14.8 Å². The van der Waals surface area contributed by atoms with Crippen molar-refractivity contribution in [3.63, 3.8) is 0 Å². The quantitative estimate of drug-likeness (QED) is 0.882. The van der Waals surface area contributed by atoms with Gasteiger partial charge in [-0.1, -0.05) is 6.07 Å². The molecule has 98 valence electrons. The molecule has 0 radical (unpaired) electrons. The van der Waals surface area contributed by atoms with Gasteiger partial charge in [0.1, 0.15) is 11.4 Å². The van der Waals surface area contributed by atoms with Gasteiger partial charge in [0, 0.05) is 12.6 Å². The van der Waals surface area contributed by atoms with Gasteiger partial charge >= 0.3 is 6.09 Å². The number of methoxy groups -OCH3 is 1. The molecule has 0 aliphatic carbocycles. The molecule has 1 heterocycles. The molecule has 1 aromatic rings. The summed E-state index contributed by atoms with van der Waals surface area (Å²) < 4.78 is 10.6. The van der Waals surface area contributed by atoms with E-state index in [-0.39, 0.29) is 6.09 Å². The average Bonchev–Trinajstić information content (AvgIpc) is 2.65. The van der Waals surface area contributed by atoms with Crippen LogP contribution in [0.25, 0.3) is 0 Å². The molecular formula is C13H18N2O3. The molecule has 1 aliphatic heterocycles. The zero-order chi connectivity index (χ0) is 13.2. The van der Waals surface area contributed by atoms with Crippen LogP contribution < -0.4 is 15.0 Å². The minimum Gasteiger partial charge on any atom is -0.497 e. The van der Waals surface area contributed by atoms with E-state index in [1.165, 1.54) is 0 Å². The summed E-state index contributed by atoms with van der Waals surface area (Å²) in [5, 5.41) is 3.04. The third-order valence-electron chi connectivity index (χ3n) is 2.96. The maximum Gasteiger partial charge on any atom is 0.415 e. The molecule has 1 unspecified atom stereocenters. The van der Waals surface area contributed by atoms with Crippen molar-refractivity contribution in [3.8, 4) is 5.75 Å². The number of carbonyl (C=O) groups excluding carboxylic acids is 1. The molecule has 1 aliphatic rings. The van der Waals surface area contributed by atoms with Gasteiger partial charge in [0.2, 0.25) is 0 Å². The Morgan fingerprint density at radius 1 is 1.56 bits per heavy atom. The van der Waals surface area contributed by atoms with Gasteiger partial charge in [-0.3, -0.25) is 4.90 Å². The largest absolute Gasteiger partial charge is 0.497 e. The second kappa shape index (κ2) is 4.86. The number of nitrogens with zero attached hydrogens (tertiary/aromatic N) is 1. The van der Waals surface area contributed by atoms with Crippen LogP contribution in [0.2, 0.25) is 0 Å². The Kier molecular flexibility index (Phi) is 3.43. The predicted octanol–water partition coefficient (Wildman–Crippen LogP) is 1.63. The highest BCUT2D eigenvalue weighted by atomic mass is 16.6. The fraction of sp³-hybridized carbons (Fsp3) is 0.462. The summed E-state index contributed by atoms with van der Waals surface area (Å²) in [4.78, 5) is 13.5. The van der Waals surface area contributed by atoms with E-state index in [0.717, 1.165) is 11.4 Å². The summed E-state index contributed by atoms with van der Waals surface area (Å²) in [6.45, 7) is 3.07. The topological polar surface area (TPSA) is 50.8 Å². The summed E-state index contributed by atoms with van der Waals surface area (Å²) in [7, 11) is 3.44. The summed E-state index contributed by atoms with van der Waals surface area (Å²) in [5.74, 6) is 0.725. The second-order valence-corrected chi connectivity index (χ2v) is 4.64. The van der Waals surface area contributed by atoms with E-state index in [1.54, 1.807) is 12.0 Å². The average molecular weight is 250 g/mol. The maximum absolute atomic E-state index is 11.9. The molecule has 1 N–H and O–H groups in total. The summed E-state index contributed by atoms with van der Waals surface area (Å²) in [6, 6.07) is 7.40. The molecule has 18 heavy (non-hydrogen) atoms. The summed E-state index contributed by atoms with van der Waals surface area (Å²) >= 11 is 0. The molecule has 0 bridgehead atoms. The molecule has 0 aromatic heterocycles. The Bertz CT molecular complexity index is 450. The number of hydrogen-bond donors (Lipinski definition) is 1. The van der Waals surface area contributed by atoms with Gasteiger partial charge in [0.05, 0.1) is 19.3 Å². The van der Waals surface area contributed by atoms with Crippen LogP contribution in [0.5, 0.6) is 5.75 Å². The van der Waals surface area contributed by atoms with E-state index in [9.17, 15) is 4.79 Å². The molecule has 1 aromatic carbocycles. The number of benzene rings is 1.